The maximum atomic E-state index is 2.59. The summed E-state index contributed by atoms with van der Waals surface area (Å²) in [6.45, 7) is 6.97. The lowest BCUT2D eigenvalue weighted by atomic mass is 9.83. The van der Waals surface area contributed by atoms with Gasteiger partial charge in [-0.15, -0.1) is 22.7 Å². The van der Waals surface area contributed by atoms with E-state index in [2.05, 4.69) is 243 Å². The molecule has 0 N–H and O–H groups in total. The van der Waals surface area contributed by atoms with Gasteiger partial charge in [-0.2, -0.15) is 0 Å². The van der Waals surface area contributed by atoms with Crippen molar-refractivity contribution in [1.29, 1.82) is 0 Å². The molecule has 14 rings (SSSR count). The molecule has 2 heterocycles. The SMILES string of the molecule is CC(C)(C)c1cc2ccc3c(N(c4cccc5ccccc45)c4cccc5c4sc4ccccc45)cc(N(c4cccc5ccccc45)c4cccc5c4sc4ccccc45)c4ccc(c1)c2c34. The van der Waals surface area contributed by atoms with Crippen LogP contribution in [0.2, 0.25) is 0 Å². The second-order valence-corrected chi connectivity index (χ2v) is 21.3. The van der Waals surface area contributed by atoms with Gasteiger partial charge in [-0.1, -0.05) is 191 Å². The van der Waals surface area contributed by atoms with Crippen LogP contribution in [0.4, 0.5) is 34.1 Å². The van der Waals surface area contributed by atoms with E-state index < -0.39 is 0 Å². The quantitative estimate of drug-likeness (QED) is 0.153. The number of rotatable bonds is 6. The Morgan fingerprint density at radius 1 is 0.294 bits per heavy atom. The van der Waals surface area contributed by atoms with Crippen LogP contribution in [-0.4, -0.2) is 0 Å². The molecule has 4 heteroatoms. The predicted molar refractivity (Wildman–Crippen MR) is 299 cm³/mol. The molecule has 0 radical (unpaired) electrons. The molecule has 0 atom stereocenters. The molecule has 0 bridgehead atoms. The Balaban J connectivity index is 1.19. The van der Waals surface area contributed by atoms with Gasteiger partial charge in [0.1, 0.15) is 0 Å². The van der Waals surface area contributed by atoms with Crippen LogP contribution in [0.5, 0.6) is 0 Å². The summed E-state index contributed by atoms with van der Waals surface area (Å²) in [4.78, 5) is 5.19. The molecule has 0 saturated heterocycles. The van der Waals surface area contributed by atoms with Crippen LogP contribution in [0, 0.1) is 0 Å². The van der Waals surface area contributed by atoms with E-state index in [0.29, 0.717) is 0 Å². The van der Waals surface area contributed by atoms with Crippen LogP contribution >= 0.6 is 22.7 Å². The van der Waals surface area contributed by atoms with Crippen molar-refractivity contribution in [3.63, 3.8) is 0 Å². The third kappa shape index (κ3) is 5.87. The second-order valence-electron chi connectivity index (χ2n) is 19.2. The van der Waals surface area contributed by atoms with Crippen LogP contribution in [0.3, 0.4) is 0 Å². The van der Waals surface area contributed by atoms with E-state index in [-0.39, 0.29) is 5.41 Å². The summed E-state index contributed by atoms with van der Waals surface area (Å²) >= 11 is 3.77. The first-order valence-electron chi connectivity index (χ1n) is 23.5. The maximum Gasteiger partial charge on any atom is 0.0640 e. The average molecular weight is 905 g/mol. The number of thiophene rings is 2. The first-order chi connectivity index (χ1) is 33.4. The van der Waals surface area contributed by atoms with Crippen molar-refractivity contribution in [1.82, 2.24) is 0 Å². The minimum atomic E-state index is -0.0109. The van der Waals surface area contributed by atoms with Crippen molar-refractivity contribution in [2.45, 2.75) is 26.2 Å². The third-order valence-electron chi connectivity index (χ3n) is 14.3. The van der Waals surface area contributed by atoms with E-state index in [1.165, 1.54) is 111 Å². The zero-order valence-corrected chi connectivity index (χ0v) is 39.6. The minimum absolute atomic E-state index is 0.0109. The highest BCUT2D eigenvalue weighted by molar-refractivity contribution is 7.26. The molecule has 0 saturated carbocycles. The van der Waals surface area contributed by atoms with E-state index in [0.717, 1.165) is 22.7 Å². The van der Waals surface area contributed by atoms with Crippen LogP contribution in [0.1, 0.15) is 26.3 Å². The Bertz CT molecular complexity index is 4060. The van der Waals surface area contributed by atoms with Crippen molar-refractivity contribution in [3.05, 3.63) is 218 Å². The molecule has 0 fully saturated rings. The Kier molecular flexibility index (Phi) is 8.62. The Hall–Kier alpha value is -7.76. The van der Waals surface area contributed by atoms with Gasteiger partial charge in [0.15, 0.2) is 0 Å². The predicted octanol–water partition coefficient (Wildman–Crippen LogP) is 19.9. The molecule has 2 aromatic heterocycles. The largest absolute Gasteiger partial charge is 0.308 e. The Labute approximate surface area is 402 Å². The van der Waals surface area contributed by atoms with Crippen molar-refractivity contribution < 1.29 is 0 Å². The zero-order chi connectivity index (χ0) is 45.3. The van der Waals surface area contributed by atoms with Gasteiger partial charge < -0.3 is 9.80 Å². The third-order valence-corrected chi connectivity index (χ3v) is 16.7. The van der Waals surface area contributed by atoms with Crippen LogP contribution in [0.25, 0.3) is 94.2 Å². The molecule has 0 spiro atoms. The molecule has 2 nitrogen and oxygen atoms in total. The minimum Gasteiger partial charge on any atom is -0.308 e. The van der Waals surface area contributed by atoms with Crippen LogP contribution < -0.4 is 9.80 Å². The fraction of sp³-hybridized carbons (Fsp3) is 0.0625. The van der Waals surface area contributed by atoms with Crippen molar-refractivity contribution in [2.75, 3.05) is 9.80 Å². The lowest BCUT2D eigenvalue weighted by molar-refractivity contribution is 0.591. The molecule has 14 aromatic rings. The van der Waals surface area contributed by atoms with Crippen molar-refractivity contribution in [3.8, 4) is 0 Å². The number of fused-ring (bicyclic) bond motifs is 8. The normalized spacial score (nSPS) is 12.3. The van der Waals surface area contributed by atoms with Crippen LogP contribution in [0.15, 0.2) is 212 Å². The first-order valence-corrected chi connectivity index (χ1v) is 25.1. The van der Waals surface area contributed by atoms with Gasteiger partial charge in [0, 0.05) is 57.9 Å². The highest BCUT2D eigenvalue weighted by Crippen LogP contribution is 2.55. The fourth-order valence-corrected chi connectivity index (χ4v) is 13.5. The standard InChI is InChI=1S/C64H44N2S2/c1-64(2,3)43-36-41-32-34-50-56(65(52-26-12-18-39-16-4-6-20-44(39)52)54-28-14-24-48-46-22-8-10-30-58(46)67-62(48)54)38-57(51-35-33-42(37-43)60(41)61(50)51)66(53-27-13-19-40-17-5-7-21-45(40)53)55-29-15-25-49-47-23-9-11-31-59(47)68-63(49)55/h4-38H,1-3H3. The molecule has 68 heavy (non-hydrogen) atoms. The Morgan fingerprint density at radius 2 is 0.691 bits per heavy atom. The molecule has 0 aliphatic heterocycles. The van der Waals surface area contributed by atoms with Crippen molar-refractivity contribution in [2.24, 2.45) is 0 Å². The second kappa shape index (κ2) is 14.9. The molecule has 0 aliphatic carbocycles. The molecule has 0 aliphatic rings. The molecule has 0 unspecified atom stereocenters. The molecule has 322 valence electrons. The molecule has 0 amide bonds. The summed E-state index contributed by atoms with van der Waals surface area (Å²) in [5.41, 5.74) is 8.22. The van der Waals surface area contributed by atoms with Gasteiger partial charge in [-0.05, 0) is 80.4 Å². The molecular formula is C64H44N2S2. The van der Waals surface area contributed by atoms with E-state index in [9.17, 15) is 0 Å². The van der Waals surface area contributed by atoms with Gasteiger partial charge >= 0.3 is 0 Å². The summed E-state index contributed by atoms with van der Waals surface area (Å²) in [6.07, 6.45) is 0. The topological polar surface area (TPSA) is 6.48 Å². The van der Waals surface area contributed by atoms with E-state index >= 15 is 0 Å². The number of hydrogen-bond acceptors (Lipinski definition) is 4. The highest BCUT2D eigenvalue weighted by Gasteiger charge is 2.29. The summed E-state index contributed by atoms with van der Waals surface area (Å²) < 4.78 is 5.11. The Morgan fingerprint density at radius 3 is 1.18 bits per heavy atom. The summed E-state index contributed by atoms with van der Waals surface area (Å²) in [7, 11) is 0. The lowest BCUT2D eigenvalue weighted by Crippen LogP contribution is -2.15. The van der Waals surface area contributed by atoms with Gasteiger partial charge in [0.05, 0.1) is 43.5 Å². The van der Waals surface area contributed by atoms with E-state index in [4.69, 9.17) is 0 Å². The number of anilines is 6. The van der Waals surface area contributed by atoms with Gasteiger partial charge in [-0.3, -0.25) is 0 Å². The number of benzene rings is 12. The van der Waals surface area contributed by atoms with Gasteiger partial charge in [-0.25, -0.2) is 0 Å². The lowest BCUT2D eigenvalue weighted by Gasteiger charge is -2.33. The molecule has 12 aromatic carbocycles. The fourth-order valence-electron chi connectivity index (χ4n) is 11.1. The van der Waals surface area contributed by atoms with Crippen LogP contribution in [-0.2, 0) is 5.41 Å². The highest BCUT2D eigenvalue weighted by atomic mass is 32.1. The van der Waals surface area contributed by atoms with Gasteiger partial charge in [0.2, 0.25) is 0 Å². The van der Waals surface area contributed by atoms with E-state index in [1.807, 2.05) is 22.7 Å². The first kappa shape index (κ1) is 39.4. The summed E-state index contributed by atoms with van der Waals surface area (Å²) in [5, 5.41) is 17.5. The number of hydrogen-bond donors (Lipinski definition) is 0. The zero-order valence-electron chi connectivity index (χ0n) is 37.9. The van der Waals surface area contributed by atoms with Crippen molar-refractivity contribution >= 4 is 151 Å². The molecular weight excluding hydrogens is 861 g/mol. The summed E-state index contributed by atoms with van der Waals surface area (Å²) in [6, 6.07) is 79.8. The van der Waals surface area contributed by atoms with Gasteiger partial charge in [0.25, 0.3) is 0 Å². The monoisotopic (exact) mass is 904 g/mol. The van der Waals surface area contributed by atoms with E-state index in [1.54, 1.807) is 0 Å². The summed E-state index contributed by atoms with van der Waals surface area (Å²) in [5.74, 6) is 0. The maximum absolute atomic E-state index is 2.59. The number of nitrogens with zero attached hydrogens (tertiary/aromatic N) is 2. The average Bonchev–Trinajstić information content (AvgIpc) is 3.96. The smallest absolute Gasteiger partial charge is 0.0640 e.